The van der Waals surface area contributed by atoms with Crippen molar-refractivity contribution in [2.45, 2.75) is 26.5 Å². The van der Waals surface area contributed by atoms with E-state index in [9.17, 15) is 9.18 Å². The van der Waals surface area contributed by atoms with Crippen LogP contribution in [0.3, 0.4) is 0 Å². The third-order valence-corrected chi connectivity index (χ3v) is 5.57. The highest BCUT2D eigenvalue weighted by atomic mass is 35.5. The Kier molecular flexibility index (Phi) is 6.20. The maximum atomic E-state index is 13.2. The van der Waals surface area contributed by atoms with Crippen LogP contribution in [-0.4, -0.2) is 27.1 Å². The topological polar surface area (TPSA) is 76.5 Å². The van der Waals surface area contributed by atoms with E-state index < -0.39 is 5.82 Å². The quantitative estimate of drug-likeness (QED) is 0.548. The first-order valence-electron chi connectivity index (χ1n) is 9.51. The first-order valence-corrected chi connectivity index (χ1v) is 10.7. The standard InChI is InChI=1S/C22H18ClFN4O2S/c1-12(2)30-18-7-8-25-17-6-5-15(27-20(17)18)10-19-21(29)28-22(31-19)26-11-13-3-4-14(24)9-16(13)23/h3-10,12H,11H2,1-2H3,(H,26,28,29)/b19-10+. The number of rotatable bonds is 5. The molecule has 3 heterocycles. The second kappa shape index (κ2) is 9.03. The Hall–Kier alpha value is -2.97. The van der Waals surface area contributed by atoms with Gasteiger partial charge in [-0.15, -0.1) is 0 Å². The number of thioether (sulfide) groups is 1. The van der Waals surface area contributed by atoms with E-state index in [1.54, 1.807) is 30.5 Å². The molecule has 0 unspecified atom stereocenters. The summed E-state index contributed by atoms with van der Waals surface area (Å²) in [6, 6.07) is 9.54. The summed E-state index contributed by atoms with van der Waals surface area (Å²) < 4.78 is 19.0. The molecule has 1 aliphatic heterocycles. The highest BCUT2D eigenvalue weighted by molar-refractivity contribution is 8.18. The lowest BCUT2D eigenvalue weighted by Crippen LogP contribution is -2.19. The van der Waals surface area contributed by atoms with Crippen molar-refractivity contribution in [2.75, 3.05) is 0 Å². The van der Waals surface area contributed by atoms with Crippen molar-refractivity contribution in [3.8, 4) is 5.75 Å². The van der Waals surface area contributed by atoms with Gasteiger partial charge < -0.3 is 10.1 Å². The molecular weight excluding hydrogens is 439 g/mol. The van der Waals surface area contributed by atoms with Crippen molar-refractivity contribution < 1.29 is 13.9 Å². The van der Waals surface area contributed by atoms with E-state index in [2.05, 4.69) is 20.3 Å². The van der Waals surface area contributed by atoms with Crippen LogP contribution in [-0.2, 0) is 11.3 Å². The average Bonchev–Trinajstić information content (AvgIpc) is 3.06. The lowest BCUT2D eigenvalue weighted by Gasteiger charge is -2.11. The van der Waals surface area contributed by atoms with Gasteiger partial charge in [-0.2, -0.15) is 0 Å². The maximum absolute atomic E-state index is 13.2. The van der Waals surface area contributed by atoms with Gasteiger partial charge in [-0.1, -0.05) is 17.7 Å². The van der Waals surface area contributed by atoms with Crippen LogP contribution < -0.4 is 10.1 Å². The fourth-order valence-corrected chi connectivity index (χ4v) is 3.92. The van der Waals surface area contributed by atoms with Crippen LogP contribution in [0.15, 0.2) is 52.5 Å². The third kappa shape index (κ3) is 5.03. The van der Waals surface area contributed by atoms with Gasteiger partial charge in [0.15, 0.2) is 5.17 Å². The SMILES string of the molecule is CC(C)Oc1ccnc2ccc(/C=C3/SC(=NCc4ccc(F)cc4Cl)NC3=O)nc12. The van der Waals surface area contributed by atoms with Gasteiger partial charge in [-0.25, -0.2) is 9.37 Å². The molecule has 158 valence electrons. The minimum absolute atomic E-state index is 0.000966. The number of carbonyl (C=O) groups excluding carboxylic acids is 1. The molecule has 0 spiro atoms. The van der Waals surface area contributed by atoms with E-state index in [1.165, 1.54) is 23.9 Å². The van der Waals surface area contributed by atoms with Crippen LogP contribution in [0.2, 0.25) is 5.02 Å². The minimum atomic E-state index is -0.407. The molecule has 3 aromatic rings. The second-order valence-electron chi connectivity index (χ2n) is 7.00. The van der Waals surface area contributed by atoms with Gasteiger partial charge in [-0.05, 0) is 61.5 Å². The van der Waals surface area contributed by atoms with E-state index in [4.69, 9.17) is 16.3 Å². The number of amidine groups is 1. The van der Waals surface area contributed by atoms with E-state index in [1.807, 2.05) is 19.9 Å². The Bertz CT molecular complexity index is 1230. The highest BCUT2D eigenvalue weighted by Gasteiger charge is 2.24. The predicted molar refractivity (Wildman–Crippen MR) is 122 cm³/mol. The van der Waals surface area contributed by atoms with Gasteiger partial charge in [0.1, 0.15) is 17.1 Å². The Balaban J connectivity index is 1.56. The van der Waals surface area contributed by atoms with Crippen molar-refractivity contribution in [1.82, 2.24) is 15.3 Å². The Morgan fingerprint density at radius 2 is 2.13 bits per heavy atom. The molecule has 31 heavy (non-hydrogen) atoms. The van der Waals surface area contributed by atoms with E-state index >= 15 is 0 Å². The number of halogens is 2. The van der Waals surface area contributed by atoms with Gasteiger partial charge in [0, 0.05) is 17.3 Å². The molecule has 0 saturated carbocycles. The van der Waals surface area contributed by atoms with Crippen LogP contribution in [0.4, 0.5) is 4.39 Å². The zero-order valence-corrected chi connectivity index (χ0v) is 18.3. The maximum Gasteiger partial charge on any atom is 0.264 e. The molecule has 1 amide bonds. The summed E-state index contributed by atoms with van der Waals surface area (Å²) in [5.41, 5.74) is 2.62. The van der Waals surface area contributed by atoms with Crippen molar-refractivity contribution in [1.29, 1.82) is 0 Å². The molecule has 0 bridgehead atoms. The zero-order valence-electron chi connectivity index (χ0n) is 16.7. The van der Waals surface area contributed by atoms with Crippen molar-refractivity contribution in [3.63, 3.8) is 0 Å². The second-order valence-corrected chi connectivity index (χ2v) is 8.44. The first kappa shape index (κ1) is 21.3. The number of hydrogen-bond donors (Lipinski definition) is 1. The van der Waals surface area contributed by atoms with Gasteiger partial charge in [0.2, 0.25) is 0 Å². The molecule has 6 nitrogen and oxygen atoms in total. The third-order valence-electron chi connectivity index (χ3n) is 4.27. The van der Waals surface area contributed by atoms with E-state index in [0.717, 1.165) is 0 Å². The van der Waals surface area contributed by atoms with Crippen LogP contribution >= 0.6 is 23.4 Å². The molecule has 1 saturated heterocycles. The number of carbonyl (C=O) groups is 1. The van der Waals surface area contributed by atoms with E-state index in [0.29, 0.717) is 43.1 Å². The molecule has 9 heteroatoms. The number of ether oxygens (including phenoxy) is 1. The Morgan fingerprint density at radius 1 is 1.29 bits per heavy atom. The first-order chi connectivity index (χ1) is 14.9. The van der Waals surface area contributed by atoms with Crippen molar-refractivity contribution in [2.24, 2.45) is 4.99 Å². The summed E-state index contributed by atoms with van der Waals surface area (Å²) in [7, 11) is 0. The molecule has 1 aliphatic rings. The summed E-state index contributed by atoms with van der Waals surface area (Å²) >= 11 is 7.24. The predicted octanol–water partition coefficient (Wildman–Crippen LogP) is 4.97. The van der Waals surface area contributed by atoms with Gasteiger partial charge >= 0.3 is 0 Å². The Labute approximate surface area is 187 Å². The number of hydrogen-bond acceptors (Lipinski definition) is 6. The monoisotopic (exact) mass is 456 g/mol. The molecule has 1 aromatic carbocycles. The van der Waals surface area contributed by atoms with Crippen molar-refractivity contribution >= 4 is 51.5 Å². The molecule has 0 radical (unpaired) electrons. The summed E-state index contributed by atoms with van der Waals surface area (Å²) in [5.74, 6) is -0.0295. The van der Waals surface area contributed by atoms with Crippen LogP contribution in [0, 0.1) is 5.82 Å². The molecule has 1 fully saturated rings. The Morgan fingerprint density at radius 3 is 2.90 bits per heavy atom. The van der Waals surface area contributed by atoms with Gasteiger partial charge in [0.25, 0.3) is 5.91 Å². The average molecular weight is 457 g/mol. The smallest absolute Gasteiger partial charge is 0.264 e. The normalized spacial score (nSPS) is 16.5. The number of amides is 1. The van der Waals surface area contributed by atoms with Gasteiger partial charge in [0.05, 0.1) is 28.8 Å². The molecule has 0 atom stereocenters. The number of nitrogens with zero attached hydrogens (tertiary/aromatic N) is 3. The highest BCUT2D eigenvalue weighted by Crippen LogP contribution is 2.28. The number of aliphatic imine (C=N–C) groups is 1. The fourth-order valence-electron chi connectivity index (χ4n) is 2.89. The number of pyridine rings is 2. The lowest BCUT2D eigenvalue weighted by atomic mass is 10.2. The molecule has 4 rings (SSSR count). The number of benzene rings is 1. The van der Waals surface area contributed by atoms with Crippen LogP contribution in [0.1, 0.15) is 25.1 Å². The largest absolute Gasteiger partial charge is 0.489 e. The minimum Gasteiger partial charge on any atom is -0.489 e. The zero-order chi connectivity index (χ0) is 22.0. The lowest BCUT2D eigenvalue weighted by molar-refractivity contribution is -0.115. The summed E-state index contributed by atoms with van der Waals surface area (Å²) in [6.07, 6.45) is 3.37. The summed E-state index contributed by atoms with van der Waals surface area (Å²) in [4.78, 5) is 26.1. The molecule has 0 aliphatic carbocycles. The number of nitrogens with one attached hydrogen (secondary N) is 1. The molecule has 2 aromatic heterocycles. The van der Waals surface area contributed by atoms with Gasteiger partial charge in [-0.3, -0.25) is 14.8 Å². The van der Waals surface area contributed by atoms with Crippen LogP contribution in [0.25, 0.3) is 17.1 Å². The fraction of sp³-hybridized carbons (Fsp3) is 0.182. The van der Waals surface area contributed by atoms with Crippen molar-refractivity contribution in [3.05, 3.63) is 69.6 Å². The number of fused-ring (bicyclic) bond motifs is 1. The summed E-state index contributed by atoms with van der Waals surface area (Å²) in [6.45, 7) is 4.11. The summed E-state index contributed by atoms with van der Waals surface area (Å²) in [5, 5.41) is 3.47. The molecular formula is C22H18ClFN4O2S. The van der Waals surface area contributed by atoms with Crippen LogP contribution in [0.5, 0.6) is 5.75 Å². The van der Waals surface area contributed by atoms with E-state index in [-0.39, 0.29) is 18.6 Å². The number of aromatic nitrogens is 2. The molecule has 1 N–H and O–H groups in total.